The molecule has 0 aliphatic heterocycles. The SMILES string of the molecule is Cn1c2cc(C(=O)c3ccccc3)cc(C(N)=O)c2nc2ccc3c(-c4ccccc4)c(=O)[nH]c(=O)c3c21. The molecule has 6 aromatic rings. The van der Waals surface area contributed by atoms with Gasteiger partial charge in [-0.25, -0.2) is 4.98 Å². The minimum Gasteiger partial charge on any atom is -0.366 e. The van der Waals surface area contributed by atoms with Gasteiger partial charge < -0.3 is 10.3 Å². The molecule has 4 aromatic carbocycles. The summed E-state index contributed by atoms with van der Waals surface area (Å²) in [7, 11) is 1.72. The van der Waals surface area contributed by atoms with Gasteiger partial charge in [-0.2, -0.15) is 0 Å². The van der Waals surface area contributed by atoms with Gasteiger partial charge in [0.15, 0.2) is 5.78 Å². The van der Waals surface area contributed by atoms with Crippen LogP contribution in [0.1, 0.15) is 26.3 Å². The quantitative estimate of drug-likeness (QED) is 0.215. The van der Waals surface area contributed by atoms with Crippen LogP contribution in [0.4, 0.5) is 0 Å². The second-order valence-corrected chi connectivity index (χ2v) is 9.00. The van der Waals surface area contributed by atoms with Crippen LogP contribution in [0.3, 0.4) is 0 Å². The molecule has 3 N–H and O–H groups in total. The Bertz CT molecular complexity index is 2060. The van der Waals surface area contributed by atoms with E-state index in [9.17, 15) is 19.2 Å². The van der Waals surface area contributed by atoms with Crippen molar-refractivity contribution in [3.63, 3.8) is 0 Å². The number of ketones is 1. The highest BCUT2D eigenvalue weighted by molar-refractivity contribution is 6.16. The highest BCUT2D eigenvalue weighted by atomic mass is 16.2. The van der Waals surface area contributed by atoms with Gasteiger partial charge in [0, 0.05) is 23.6 Å². The number of H-pyrrole nitrogens is 1. The van der Waals surface area contributed by atoms with E-state index in [1.165, 1.54) is 6.07 Å². The van der Waals surface area contributed by atoms with E-state index in [1.807, 2.05) is 24.3 Å². The second-order valence-electron chi connectivity index (χ2n) is 9.00. The summed E-state index contributed by atoms with van der Waals surface area (Å²) in [5, 5.41) is 0.749. The molecule has 0 aliphatic rings. The average molecular weight is 501 g/mol. The van der Waals surface area contributed by atoms with Gasteiger partial charge in [0.05, 0.1) is 33.1 Å². The maximum atomic E-state index is 13.3. The fourth-order valence-corrected chi connectivity index (χ4v) is 5.00. The number of benzene rings is 4. The zero-order valence-corrected chi connectivity index (χ0v) is 20.2. The Hall–Kier alpha value is -5.37. The number of aromatic nitrogens is 3. The third-order valence-corrected chi connectivity index (χ3v) is 6.75. The number of primary amides is 1. The summed E-state index contributed by atoms with van der Waals surface area (Å²) in [4.78, 5) is 58.9. The molecule has 0 radical (unpaired) electrons. The Morgan fingerprint density at radius 3 is 2.21 bits per heavy atom. The van der Waals surface area contributed by atoms with Crippen LogP contribution in [0.15, 0.2) is 94.5 Å². The summed E-state index contributed by atoms with van der Waals surface area (Å²) in [6, 6.07) is 24.3. The van der Waals surface area contributed by atoms with Gasteiger partial charge in [0.25, 0.3) is 17.0 Å². The third kappa shape index (κ3) is 3.50. The molecule has 8 nitrogen and oxygen atoms in total. The van der Waals surface area contributed by atoms with Crippen molar-refractivity contribution >= 4 is 44.5 Å². The Balaban J connectivity index is 1.74. The lowest BCUT2D eigenvalue weighted by Gasteiger charge is -2.16. The highest BCUT2D eigenvalue weighted by Crippen LogP contribution is 2.31. The summed E-state index contributed by atoms with van der Waals surface area (Å²) in [5.41, 5.74) is 8.13. The van der Waals surface area contributed by atoms with Crippen molar-refractivity contribution in [1.82, 2.24) is 14.5 Å². The number of rotatable bonds is 4. The average Bonchev–Trinajstić information content (AvgIpc) is 2.93. The first-order chi connectivity index (χ1) is 18.3. The van der Waals surface area contributed by atoms with E-state index in [2.05, 4.69) is 9.97 Å². The molecule has 0 saturated heterocycles. The number of amides is 1. The van der Waals surface area contributed by atoms with E-state index in [0.29, 0.717) is 44.1 Å². The smallest absolute Gasteiger partial charge is 0.260 e. The monoisotopic (exact) mass is 500 g/mol. The van der Waals surface area contributed by atoms with Crippen LogP contribution in [0.2, 0.25) is 0 Å². The van der Waals surface area contributed by atoms with E-state index in [0.717, 1.165) is 0 Å². The minimum absolute atomic E-state index is 0.0909. The van der Waals surface area contributed by atoms with Crippen molar-refractivity contribution in [3.8, 4) is 11.1 Å². The number of carbonyl (C=O) groups is 2. The lowest BCUT2D eigenvalue weighted by molar-refractivity contribution is 0.100. The molecule has 38 heavy (non-hydrogen) atoms. The number of hydrogen-bond acceptors (Lipinski definition) is 5. The van der Waals surface area contributed by atoms with E-state index in [-0.39, 0.29) is 22.3 Å². The molecule has 0 fully saturated rings. The molecule has 0 spiro atoms. The molecular weight excluding hydrogens is 480 g/mol. The zero-order valence-electron chi connectivity index (χ0n) is 20.2. The number of aryl methyl sites for hydroxylation is 1. The predicted octanol–water partition coefficient (Wildman–Crippen LogP) is 3.93. The number of nitrogens with two attached hydrogens (primary N) is 1. The van der Waals surface area contributed by atoms with Crippen LogP contribution in [0.25, 0.3) is 44.0 Å². The maximum Gasteiger partial charge on any atom is 0.260 e. The summed E-state index contributed by atoms with van der Waals surface area (Å²) in [6.45, 7) is 0. The van der Waals surface area contributed by atoms with Gasteiger partial charge in [-0.3, -0.25) is 24.2 Å². The van der Waals surface area contributed by atoms with Gasteiger partial charge in [-0.15, -0.1) is 0 Å². The summed E-state index contributed by atoms with van der Waals surface area (Å²) in [6.07, 6.45) is 0. The minimum atomic E-state index is -0.731. The Kier molecular flexibility index (Phi) is 5.24. The number of aromatic amines is 1. The fourth-order valence-electron chi connectivity index (χ4n) is 5.00. The number of pyridine rings is 1. The van der Waals surface area contributed by atoms with Crippen LogP contribution >= 0.6 is 0 Å². The molecule has 8 heteroatoms. The molecule has 2 aromatic heterocycles. The van der Waals surface area contributed by atoms with Crippen LogP contribution in [-0.2, 0) is 7.05 Å². The van der Waals surface area contributed by atoms with E-state index < -0.39 is 17.0 Å². The number of carbonyl (C=O) groups excluding carboxylic acids is 2. The number of nitrogens with zero attached hydrogens (tertiary/aromatic N) is 2. The molecule has 0 bridgehead atoms. The van der Waals surface area contributed by atoms with Gasteiger partial charge >= 0.3 is 0 Å². The predicted molar refractivity (Wildman–Crippen MR) is 146 cm³/mol. The Morgan fingerprint density at radius 2 is 1.53 bits per heavy atom. The van der Waals surface area contributed by atoms with Gasteiger partial charge in [0.1, 0.15) is 5.52 Å². The Labute approximate surface area is 215 Å². The highest BCUT2D eigenvalue weighted by Gasteiger charge is 2.21. The van der Waals surface area contributed by atoms with Crippen LogP contribution < -0.4 is 16.9 Å². The van der Waals surface area contributed by atoms with Gasteiger partial charge in [-0.05, 0) is 23.8 Å². The first kappa shape index (κ1) is 23.1. The van der Waals surface area contributed by atoms with Gasteiger partial charge in [-0.1, -0.05) is 66.7 Å². The van der Waals surface area contributed by atoms with Crippen molar-refractivity contribution in [3.05, 3.63) is 122 Å². The lowest BCUT2D eigenvalue weighted by Crippen LogP contribution is -2.22. The first-order valence-corrected chi connectivity index (χ1v) is 11.8. The van der Waals surface area contributed by atoms with E-state index >= 15 is 0 Å². The second kappa shape index (κ2) is 8.63. The zero-order chi connectivity index (χ0) is 26.6. The largest absolute Gasteiger partial charge is 0.366 e. The van der Waals surface area contributed by atoms with Crippen LogP contribution in [0.5, 0.6) is 0 Å². The molecule has 0 aliphatic carbocycles. The van der Waals surface area contributed by atoms with Crippen LogP contribution in [0, 0.1) is 0 Å². The number of fused-ring (bicyclic) bond motifs is 4. The summed E-state index contributed by atoms with van der Waals surface area (Å²) >= 11 is 0. The molecule has 2 heterocycles. The first-order valence-electron chi connectivity index (χ1n) is 11.8. The standard InChI is InChI=1S/C30H20N4O4/c1-34-22-15-18(27(35)17-10-6-3-7-11-17)14-20(28(31)36)25(22)32-21-13-12-19-23(16-8-4-2-5-9-16)29(37)33-30(38)24(19)26(21)34/h2-15H,1H3,(H2,31,36)(H,33,37,38). The van der Waals surface area contributed by atoms with Gasteiger partial charge in [0.2, 0.25) is 0 Å². The van der Waals surface area contributed by atoms with Crippen molar-refractivity contribution in [2.45, 2.75) is 0 Å². The molecular formula is C30H20N4O4. The van der Waals surface area contributed by atoms with Crippen molar-refractivity contribution in [1.29, 1.82) is 0 Å². The number of hydrogen-bond donors (Lipinski definition) is 2. The van der Waals surface area contributed by atoms with Crippen LogP contribution in [-0.4, -0.2) is 26.2 Å². The normalized spacial score (nSPS) is 11.3. The fraction of sp³-hybridized carbons (Fsp3) is 0.0333. The topological polar surface area (TPSA) is 128 Å². The molecule has 0 unspecified atom stereocenters. The molecule has 0 atom stereocenters. The molecule has 1 amide bonds. The lowest BCUT2D eigenvalue weighted by atomic mass is 9.98. The Morgan fingerprint density at radius 1 is 0.842 bits per heavy atom. The van der Waals surface area contributed by atoms with E-state index in [1.54, 1.807) is 66.2 Å². The number of nitrogens with one attached hydrogen (secondary N) is 1. The molecule has 184 valence electrons. The summed E-state index contributed by atoms with van der Waals surface area (Å²) < 4.78 is 1.71. The maximum absolute atomic E-state index is 13.3. The van der Waals surface area contributed by atoms with Crippen molar-refractivity contribution in [2.75, 3.05) is 0 Å². The van der Waals surface area contributed by atoms with Crippen molar-refractivity contribution in [2.24, 2.45) is 12.8 Å². The van der Waals surface area contributed by atoms with E-state index in [4.69, 9.17) is 5.73 Å². The third-order valence-electron chi connectivity index (χ3n) is 6.75. The summed E-state index contributed by atoms with van der Waals surface area (Å²) in [5.74, 6) is -1.02. The van der Waals surface area contributed by atoms with Crippen molar-refractivity contribution < 1.29 is 9.59 Å². The molecule has 6 rings (SSSR count). The molecule has 0 saturated carbocycles.